The Morgan fingerprint density at radius 3 is 3.00 bits per heavy atom. The Hall–Kier alpha value is -2.67. The van der Waals surface area contributed by atoms with Crippen LogP contribution < -0.4 is 5.32 Å². The second kappa shape index (κ2) is 7.52. The number of piperidine rings is 1. The number of hydrogen-bond acceptors (Lipinski definition) is 6. The Morgan fingerprint density at radius 1 is 1.41 bits per heavy atom. The SMILES string of the molecule is CC[C@@H](C(=O)Nc1cc(C)on1)N1CCC[C@@H](c2nc3ccccc3o2)C1. The number of carbonyl (C=O) groups is 1. The van der Waals surface area contributed by atoms with Gasteiger partial charge in [-0.1, -0.05) is 24.2 Å². The first-order chi connectivity index (χ1) is 13.1. The quantitative estimate of drug-likeness (QED) is 0.739. The smallest absolute Gasteiger partial charge is 0.242 e. The Morgan fingerprint density at radius 2 is 2.26 bits per heavy atom. The highest BCUT2D eigenvalue weighted by molar-refractivity contribution is 5.94. The predicted molar refractivity (Wildman–Crippen MR) is 102 cm³/mol. The minimum Gasteiger partial charge on any atom is -0.440 e. The average molecular weight is 368 g/mol. The molecule has 4 rings (SSSR count). The minimum absolute atomic E-state index is 0.0518. The van der Waals surface area contributed by atoms with Gasteiger partial charge in [-0.25, -0.2) is 4.98 Å². The second-order valence-corrected chi connectivity index (χ2v) is 7.09. The Balaban J connectivity index is 1.47. The Kier molecular flexibility index (Phi) is 4.94. The number of para-hydroxylation sites is 2. The van der Waals surface area contributed by atoms with Gasteiger partial charge in [0.2, 0.25) is 5.91 Å². The van der Waals surface area contributed by atoms with Crippen molar-refractivity contribution in [2.45, 2.75) is 45.1 Å². The van der Waals surface area contributed by atoms with Crippen LogP contribution in [0, 0.1) is 6.92 Å². The van der Waals surface area contributed by atoms with Crippen LogP contribution in [-0.2, 0) is 4.79 Å². The summed E-state index contributed by atoms with van der Waals surface area (Å²) in [7, 11) is 0. The van der Waals surface area contributed by atoms with Gasteiger partial charge in [0, 0.05) is 18.5 Å². The van der Waals surface area contributed by atoms with Gasteiger partial charge in [0.15, 0.2) is 17.3 Å². The molecule has 1 aliphatic heterocycles. The van der Waals surface area contributed by atoms with Crippen LogP contribution in [0.15, 0.2) is 39.3 Å². The van der Waals surface area contributed by atoms with Gasteiger partial charge in [0.05, 0.1) is 6.04 Å². The van der Waals surface area contributed by atoms with Crippen molar-refractivity contribution in [1.29, 1.82) is 0 Å². The zero-order valence-electron chi connectivity index (χ0n) is 15.6. The molecule has 0 bridgehead atoms. The molecule has 1 N–H and O–H groups in total. The van der Waals surface area contributed by atoms with Crippen molar-refractivity contribution in [3.63, 3.8) is 0 Å². The van der Waals surface area contributed by atoms with Gasteiger partial charge < -0.3 is 14.3 Å². The monoisotopic (exact) mass is 368 g/mol. The third-order valence-corrected chi connectivity index (χ3v) is 5.12. The molecule has 142 valence electrons. The van der Waals surface area contributed by atoms with Crippen LogP contribution >= 0.6 is 0 Å². The van der Waals surface area contributed by atoms with Gasteiger partial charge in [0.25, 0.3) is 0 Å². The highest BCUT2D eigenvalue weighted by Gasteiger charge is 2.32. The predicted octanol–water partition coefficient (Wildman–Crippen LogP) is 3.72. The van der Waals surface area contributed by atoms with Crippen LogP contribution in [0.2, 0.25) is 0 Å². The molecule has 1 saturated heterocycles. The molecule has 1 aliphatic rings. The van der Waals surface area contributed by atoms with Crippen LogP contribution in [-0.4, -0.2) is 40.1 Å². The molecule has 3 aromatic rings. The lowest BCUT2D eigenvalue weighted by Crippen LogP contribution is -2.48. The summed E-state index contributed by atoms with van der Waals surface area (Å²) in [4.78, 5) is 19.6. The van der Waals surface area contributed by atoms with E-state index in [1.807, 2.05) is 31.2 Å². The van der Waals surface area contributed by atoms with Crippen molar-refractivity contribution in [2.24, 2.45) is 0 Å². The van der Waals surface area contributed by atoms with Gasteiger partial charge in [-0.15, -0.1) is 0 Å². The lowest BCUT2D eigenvalue weighted by atomic mass is 9.96. The molecule has 2 aromatic heterocycles. The van der Waals surface area contributed by atoms with Gasteiger partial charge in [-0.3, -0.25) is 9.69 Å². The van der Waals surface area contributed by atoms with Crippen molar-refractivity contribution in [3.8, 4) is 0 Å². The number of oxazole rings is 1. The molecule has 0 aliphatic carbocycles. The summed E-state index contributed by atoms with van der Waals surface area (Å²) in [6.07, 6.45) is 2.75. The Bertz CT molecular complexity index is 899. The number of likely N-dealkylation sites (tertiary alicyclic amines) is 1. The molecule has 1 fully saturated rings. The number of aryl methyl sites for hydroxylation is 1. The van der Waals surface area contributed by atoms with E-state index < -0.39 is 0 Å². The summed E-state index contributed by atoms with van der Waals surface area (Å²) < 4.78 is 11.0. The van der Waals surface area contributed by atoms with Gasteiger partial charge >= 0.3 is 0 Å². The van der Waals surface area contributed by atoms with Crippen molar-refractivity contribution in [3.05, 3.63) is 42.0 Å². The van der Waals surface area contributed by atoms with Gasteiger partial charge in [-0.2, -0.15) is 0 Å². The highest BCUT2D eigenvalue weighted by atomic mass is 16.5. The number of aromatic nitrogens is 2. The highest BCUT2D eigenvalue weighted by Crippen LogP contribution is 2.30. The maximum Gasteiger partial charge on any atom is 0.242 e. The summed E-state index contributed by atoms with van der Waals surface area (Å²) >= 11 is 0. The molecule has 2 atom stereocenters. The summed E-state index contributed by atoms with van der Waals surface area (Å²) in [6, 6.07) is 9.33. The first-order valence-corrected chi connectivity index (χ1v) is 9.47. The fourth-order valence-corrected chi connectivity index (χ4v) is 3.80. The molecule has 0 saturated carbocycles. The van der Waals surface area contributed by atoms with E-state index in [4.69, 9.17) is 8.94 Å². The molecular formula is C20H24N4O3. The average Bonchev–Trinajstić information content (AvgIpc) is 3.28. The maximum absolute atomic E-state index is 12.8. The number of nitrogens with one attached hydrogen (secondary N) is 1. The van der Waals surface area contributed by atoms with Crippen molar-refractivity contribution in [2.75, 3.05) is 18.4 Å². The fourth-order valence-electron chi connectivity index (χ4n) is 3.80. The van der Waals surface area contributed by atoms with Gasteiger partial charge in [0.1, 0.15) is 11.3 Å². The first-order valence-electron chi connectivity index (χ1n) is 9.47. The van der Waals surface area contributed by atoms with E-state index in [9.17, 15) is 4.79 Å². The summed E-state index contributed by atoms with van der Waals surface area (Å²) in [5, 5.41) is 6.72. The zero-order valence-corrected chi connectivity index (χ0v) is 15.6. The van der Waals surface area contributed by atoms with E-state index in [1.165, 1.54) is 0 Å². The van der Waals surface area contributed by atoms with E-state index in [0.717, 1.165) is 49.3 Å². The van der Waals surface area contributed by atoms with E-state index in [-0.39, 0.29) is 17.9 Å². The molecule has 7 heteroatoms. The molecular weight excluding hydrogens is 344 g/mol. The molecule has 7 nitrogen and oxygen atoms in total. The topological polar surface area (TPSA) is 84.4 Å². The number of nitrogens with zero attached hydrogens (tertiary/aromatic N) is 3. The zero-order chi connectivity index (χ0) is 18.8. The molecule has 0 spiro atoms. The Labute approximate surface area is 157 Å². The second-order valence-electron chi connectivity index (χ2n) is 7.09. The van der Waals surface area contributed by atoms with Gasteiger partial charge in [-0.05, 0) is 44.9 Å². The number of anilines is 1. The molecule has 0 unspecified atom stereocenters. The standard InChI is InChI=1S/C20H24N4O3/c1-3-16(19(25)22-18-11-13(2)27-23-18)24-10-6-7-14(12-24)20-21-15-8-4-5-9-17(15)26-20/h4-5,8-9,11,14,16H,3,6-7,10,12H2,1-2H3,(H,22,23,25)/t14-,16+/m1/s1. The summed E-state index contributed by atoms with van der Waals surface area (Å²) in [5.41, 5.74) is 1.70. The van der Waals surface area contributed by atoms with Crippen LogP contribution in [0.5, 0.6) is 0 Å². The molecule has 1 amide bonds. The fraction of sp³-hybridized carbons (Fsp3) is 0.450. The number of carbonyl (C=O) groups excluding carboxylic acids is 1. The van der Waals surface area contributed by atoms with Crippen molar-refractivity contribution >= 4 is 22.8 Å². The van der Waals surface area contributed by atoms with E-state index >= 15 is 0 Å². The van der Waals surface area contributed by atoms with Crippen molar-refractivity contribution < 1.29 is 13.7 Å². The lowest BCUT2D eigenvalue weighted by Gasteiger charge is -2.36. The third kappa shape index (κ3) is 3.73. The molecule has 3 heterocycles. The first kappa shape index (κ1) is 17.7. The lowest BCUT2D eigenvalue weighted by molar-refractivity contribution is -0.122. The maximum atomic E-state index is 12.8. The number of amides is 1. The van der Waals surface area contributed by atoms with Crippen molar-refractivity contribution in [1.82, 2.24) is 15.0 Å². The molecule has 0 radical (unpaired) electrons. The number of rotatable bonds is 5. The number of benzene rings is 1. The number of hydrogen-bond donors (Lipinski definition) is 1. The van der Waals surface area contributed by atoms with Crippen LogP contribution in [0.3, 0.4) is 0 Å². The largest absolute Gasteiger partial charge is 0.440 e. The van der Waals surface area contributed by atoms with Crippen LogP contribution in [0.4, 0.5) is 5.82 Å². The number of fused-ring (bicyclic) bond motifs is 1. The van der Waals surface area contributed by atoms with E-state index in [2.05, 4.69) is 20.4 Å². The van der Waals surface area contributed by atoms with E-state index in [0.29, 0.717) is 11.6 Å². The minimum atomic E-state index is -0.214. The molecule has 27 heavy (non-hydrogen) atoms. The normalized spacial score (nSPS) is 19.3. The van der Waals surface area contributed by atoms with E-state index in [1.54, 1.807) is 13.0 Å². The summed E-state index contributed by atoms with van der Waals surface area (Å²) in [6.45, 7) is 5.48. The molecule has 1 aromatic carbocycles. The van der Waals surface area contributed by atoms with Crippen LogP contribution in [0.25, 0.3) is 11.1 Å². The summed E-state index contributed by atoms with van der Waals surface area (Å²) in [5.74, 6) is 2.05. The van der Waals surface area contributed by atoms with Crippen LogP contribution in [0.1, 0.15) is 43.8 Å². The third-order valence-electron chi connectivity index (χ3n) is 5.12.